The van der Waals surface area contributed by atoms with Crippen molar-refractivity contribution in [1.82, 2.24) is 0 Å². The molecule has 0 spiro atoms. The Bertz CT molecular complexity index is 652. The highest BCUT2D eigenvalue weighted by molar-refractivity contribution is 5.35. The van der Waals surface area contributed by atoms with Crippen LogP contribution in [0.2, 0.25) is 0 Å². The summed E-state index contributed by atoms with van der Waals surface area (Å²) in [4.78, 5) is 0. The number of fused-ring (bicyclic) bond motifs is 1. The van der Waals surface area contributed by atoms with Gasteiger partial charge in [0.15, 0.2) is 0 Å². The van der Waals surface area contributed by atoms with E-state index in [0.717, 1.165) is 12.0 Å². The molecule has 0 unspecified atom stereocenters. The Hall–Kier alpha value is -1.87. The minimum atomic E-state index is -0.309. The van der Waals surface area contributed by atoms with E-state index in [1.165, 1.54) is 30.0 Å². The van der Waals surface area contributed by atoms with Gasteiger partial charge in [0, 0.05) is 17.7 Å². The summed E-state index contributed by atoms with van der Waals surface area (Å²) in [6.45, 7) is 2.23. The van der Waals surface area contributed by atoms with E-state index in [9.17, 15) is 4.39 Å². The molecule has 2 nitrogen and oxygen atoms in total. The van der Waals surface area contributed by atoms with Crippen LogP contribution in [0.25, 0.3) is 0 Å². The van der Waals surface area contributed by atoms with Crippen LogP contribution in [-0.2, 0) is 19.4 Å². The second-order valence-corrected chi connectivity index (χ2v) is 5.72. The zero-order valence-corrected chi connectivity index (χ0v) is 12.2. The molecule has 0 fully saturated rings. The Morgan fingerprint density at radius 3 is 2.71 bits per heavy atom. The van der Waals surface area contributed by atoms with Gasteiger partial charge in [-0.25, -0.2) is 4.39 Å². The van der Waals surface area contributed by atoms with E-state index in [1.807, 2.05) is 0 Å². The van der Waals surface area contributed by atoms with Crippen molar-refractivity contribution < 1.29 is 9.13 Å². The van der Waals surface area contributed by atoms with Gasteiger partial charge in [-0.3, -0.25) is 0 Å². The maximum atomic E-state index is 13.8. The molecule has 0 saturated heterocycles. The van der Waals surface area contributed by atoms with Crippen LogP contribution >= 0.6 is 0 Å². The minimum Gasteiger partial charge on any atom is -0.489 e. The van der Waals surface area contributed by atoms with Crippen LogP contribution in [0.3, 0.4) is 0 Å². The van der Waals surface area contributed by atoms with Crippen LogP contribution in [0, 0.1) is 5.82 Å². The van der Waals surface area contributed by atoms with Crippen LogP contribution in [0.1, 0.15) is 41.6 Å². The molecule has 2 aromatic carbocycles. The first-order valence-corrected chi connectivity index (χ1v) is 7.42. The van der Waals surface area contributed by atoms with Gasteiger partial charge in [0.2, 0.25) is 0 Å². The maximum Gasteiger partial charge on any atom is 0.131 e. The molecule has 3 rings (SSSR count). The number of aryl methyl sites for hydroxylation is 2. The fourth-order valence-corrected chi connectivity index (χ4v) is 2.85. The summed E-state index contributed by atoms with van der Waals surface area (Å²) in [6.07, 6.45) is 3.57. The van der Waals surface area contributed by atoms with Crippen LogP contribution < -0.4 is 10.5 Å². The fraction of sp³-hybridized carbons (Fsp3) is 0.333. The predicted octanol–water partition coefficient (Wildman–Crippen LogP) is 3.91. The number of benzene rings is 2. The molecule has 0 aromatic heterocycles. The summed E-state index contributed by atoms with van der Waals surface area (Å²) >= 11 is 0. The zero-order chi connectivity index (χ0) is 14.8. The molecule has 1 aliphatic rings. The van der Waals surface area contributed by atoms with Gasteiger partial charge in [0.25, 0.3) is 0 Å². The molecule has 1 aliphatic carbocycles. The Balaban J connectivity index is 1.69. The Kier molecular flexibility index (Phi) is 3.93. The molecule has 0 heterocycles. The van der Waals surface area contributed by atoms with Gasteiger partial charge in [-0.2, -0.15) is 0 Å². The number of nitrogens with two attached hydrogens (primary N) is 1. The van der Waals surface area contributed by atoms with Crippen molar-refractivity contribution in [2.24, 2.45) is 5.73 Å². The van der Waals surface area contributed by atoms with Crippen molar-refractivity contribution in [3.05, 3.63) is 64.5 Å². The molecule has 0 aliphatic heterocycles. The molecule has 3 heteroatoms. The van der Waals surface area contributed by atoms with E-state index in [1.54, 1.807) is 19.1 Å². The highest BCUT2D eigenvalue weighted by Gasteiger charge is 2.11. The molecule has 2 aromatic rings. The third-order valence-electron chi connectivity index (χ3n) is 4.03. The first kappa shape index (κ1) is 14.1. The van der Waals surface area contributed by atoms with Gasteiger partial charge in [-0.1, -0.05) is 24.3 Å². The van der Waals surface area contributed by atoms with Crippen molar-refractivity contribution >= 4 is 0 Å². The van der Waals surface area contributed by atoms with E-state index >= 15 is 0 Å². The van der Waals surface area contributed by atoms with Gasteiger partial charge < -0.3 is 10.5 Å². The van der Waals surface area contributed by atoms with Gasteiger partial charge in [0.1, 0.15) is 18.2 Å². The molecular formula is C18H20FNO. The smallest absolute Gasteiger partial charge is 0.131 e. The van der Waals surface area contributed by atoms with Crippen LogP contribution in [0.15, 0.2) is 36.4 Å². The quantitative estimate of drug-likeness (QED) is 0.924. The van der Waals surface area contributed by atoms with Crippen molar-refractivity contribution in [3.63, 3.8) is 0 Å². The highest BCUT2D eigenvalue weighted by Crippen LogP contribution is 2.24. The summed E-state index contributed by atoms with van der Waals surface area (Å²) in [7, 11) is 0. The first-order valence-electron chi connectivity index (χ1n) is 7.42. The molecular weight excluding hydrogens is 265 g/mol. The monoisotopic (exact) mass is 285 g/mol. The summed E-state index contributed by atoms with van der Waals surface area (Å²) < 4.78 is 19.5. The summed E-state index contributed by atoms with van der Waals surface area (Å²) in [5, 5.41) is 0. The van der Waals surface area contributed by atoms with Crippen LogP contribution in [0.5, 0.6) is 5.75 Å². The third kappa shape index (κ3) is 3.08. The predicted molar refractivity (Wildman–Crippen MR) is 81.8 cm³/mol. The van der Waals surface area contributed by atoms with Gasteiger partial charge in [-0.05, 0) is 48.9 Å². The van der Waals surface area contributed by atoms with E-state index < -0.39 is 0 Å². The highest BCUT2D eigenvalue weighted by atomic mass is 19.1. The van der Waals surface area contributed by atoms with Crippen molar-refractivity contribution in [2.45, 2.75) is 38.8 Å². The SMILES string of the molecule is C[C@H](N)c1ccc(OCc2ccc3c(c2)CCC3)cc1F. The van der Waals surface area contributed by atoms with Crippen LogP contribution in [0.4, 0.5) is 4.39 Å². The number of hydrogen-bond donors (Lipinski definition) is 1. The van der Waals surface area contributed by atoms with Crippen LogP contribution in [-0.4, -0.2) is 0 Å². The molecule has 21 heavy (non-hydrogen) atoms. The third-order valence-corrected chi connectivity index (χ3v) is 4.03. The molecule has 0 bridgehead atoms. The molecule has 0 amide bonds. The fourth-order valence-electron chi connectivity index (χ4n) is 2.85. The normalized spacial score (nSPS) is 14.8. The molecule has 1 atom stereocenters. The number of hydrogen-bond acceptors (Lipinski definition) is 2. The van der Waals surface area contributed by atoms with Crippen molar-refractivity contribution in [1.29, 1.82) is 0 Å². The number of rotatable bonds is 4. The van der Waals surface area contributed by atoms with E-state index in [4.69, 9.17) is 10.5 Å². The van der Waals surface area contributed by atoms with E-state index in [2.05, 4.69) is 18.2 Å². The zero-order valence-electron chi connectivity index (χ0n) is 12.2. The lowest BCUT2D eigenvalue weighted by Gasteiger charge is -2.11. The van der Waals surface area contributed by atoms with Crippen molar-refractivity contribution in [3.8, 4) is 5.75 Å². The Morgan fingerprint density at radius 1 is 1.14 bits per heavy atom. The Morgan fingerprint density at radius 2 is 1.95 bits per heavy atom. The van der Waals surface area contributed by atoms with E-state index in [0.29, 0.717) is 17.9 Å². The topological polar surface area (TPSA) is 35.2 Å². The second-order valence-electron chi connectivity index (χ2n) is 5.72. The molecule has 110 valence electrons. The maximum absolute atomic E-state index is 13.8. The minimum absolute atomic E-state index is 0.309. The van der Waals surface area contributed by atoms with Gasteiger partial charge in [0.05, 0.1) is 0 Å². The molecule has 0 radical (unpaired) electrons. The standard InChI is InChI=1S/C18H20FNO/c1-12(20)17-8-7-16(10-18(17)19)21-11-13-5-6-14-3-2-4-15(14)9-13/h5-10,12H,2-4,11,20H2,1H3/t12-/m0/s1. The first-order chi connectivity index (χ1) is 10.1. The Labute approximate surface area is 124 Å². The second kappa shape index (κ2) is 5.86. The number of halogens is 1. The average molecular weight is 285 g/mol. The number of ether oxygens (including phenoxy) is 1. The lowest BCUT2D eigenvalue weighted by molar-refractivity contribution is 0.304. The summed E-state index contributed by atoms with van der Waals surface area (Å²) in [5.74, 6) is 0.230. The lowest BCUT2D eigenvalue weighted by Crippen LogP contribution is -2.07. The van der Waals surface area contributed by atoms with E-state index in [-0.39, 0.29) is 11.9 Å². The summed E-state index contributed by atoms with van der Waals surface area (Å²) in [6, 6.07) is 11.0. The van der Waals surface area contributed by atoms with Gasteiger partial charge in [-0.15, -0.1) is 0 Å². The van der Waals surface area contributed by atoms with Crippen molar-refractivity contribution in [2.75, 3.05) is 0 Å². The largest absolute Gasteiger partial charge is 0.489 e. The lowest BCUT2D eigenvalue weighted by atomic mass is 10.1. The molecule has 2 N–H and O–H groups in total. The molecule has 0 saturated carbocycles. The summed E-state index contributed by atoms with van der Waals surface area (Å²) in [5.41, 5.74) is 10.2. The average Bonchev–Trinajstić information content (AvgIpc) is 2.92. The van der Waals surface area contributed by atoms with Gasteiger partial charge >= 0.3 is 0 Å².